The molecular weight excluding hydrogens is 232 g/mol. The summed E-state index contributed by atoms with van der Waals surface area (Å²) in [4.78, 5) is 0. The Morgan fingerprint density at radius 3 is 2.32 bits per heavy atom. The molecule has 1 rings (SSSR count). The lowest BCUT2D eigenvalue weighted by molar-refractivity contribution is 0.134. The zero-order chi connectivity index (χ0) is 14.3. The topological polar surface area (TPSA) is 38.0 Å². The Morgan fingerprint density at radius 1 is 1.21 bits per heavy atom. The van der Waals surface area contributed by atoms with E-state index in [4.69, 9.17) is 5.73 Å². The summed E-state index contributed by atoms with van der Waals surface area (Å²) in [7, 11) is 0. The van der Waals surface area contributed by atoms with Gasteiger partial charge in [0.05, 0.1) is 0 Å². The highest BCUT2D eigenvalue weighted by molar-refractivity contribution is 4.95. The normalized spacial score (nSPS) is 25.5. The maximum Gasteiger partial charge on any atom is 0.0218 e. The first-order valence-corrected chi connectivity index (χ1v) is 7.82. The van der Waals surface area contributed by atoms with Gasteiger partial charge < -0.3 is 11.1 Å². The highest BCUT2D eigenvalue weighted by Crippen LogP contribution is 2.40. The standard InChI is InChI=1S/C17H32N2/c1-5-6-7-12-19-16(13-18)14-8-10-15(11-9-14)17(2,3)4/h14-16,19H,7-13,18H2,1-4H3. The van der Waals surface area contributed by atoms with Crippen molar-refractivity contribution in [1.29, 1.82) is 0 Å². The van der Waals surface area contributed by atoms with E-state index in [1.54, 1.807) is 0 Å². The van der Waals surface area contributed by atoms with E-state index in [2.05, 4.69) is 37.9 Å². The van der Waals surface area contributed by atoms with Crippen molar-refractivity contribution in [2.75, 3.05) is 13.1 Å². The van der Waals surface area contributed by atoms with Crippen molar-refractivity contribution in [3.05, 3.63) is 0 Å². The third-order valence-corrected chi connectivity index (χ3v) is 4.65. The minimum Gasteiger partial charge on any atom is -0.329 e. The highest BCUT2D eigenvalue weighted by atomic mass is 14.9. The molecule has 0 heterocycles. The summed E-state index contributed by atoms with van der Waals surface area (Å²) in [5, 5.41) is 3.60. The van der Waals surface area contributed by atoms with Gasteiger partial charge in [0.1, 0.15) is 0 Å². The molecule has 1 atom stereocenters. The van der Waals surface area contributed by atoms with Crippen LogP contribution in [0.5, 0.6) is 0 Å². The number of hydrogen-bond acceptors (Lipinski definition) is 2. The van der Waals surface area contributed by atoms with Crippen LogP contribution in [0.15, 0.2) is 0 Å². The molecular formula is C17H32N2. The van der Waals surface area contributed by atoms with E-state index in [1.165, 1.54) is 25.7 Å². The maximum absolute atomic E-state index is 5.94. The minimum atomic E-state index is 0.466. The molecule has 1 unspecified atom stereocenters. The lowest BCUT2D eigenvalue weighted by Gasteiger charge is -2.39. The third-order valence-electron chi connectivity index (χ3n) is 4.65. The molecule has 0 aromatic heterocycles. The van der Waals surface area contributed by atoms with Gasteiger partial charge in [0.2, 0.25) is 0 Å². The molecule has 110 valence electrons. The van der Waals surface area contributed by atoms with Crippen LogP contribution >= 0.6 is 0 Å². The van der Waals surface area contributed by atoms with Crippen LogP contribution in [-0.4, -0.2) is 19.1 Å². The van der Waals surface area contributed by atoms with Crippen LogP contribution in [0.3, 0.4) is 0 Å². The summed E-state index contributed by atoms with van der Waals surface area (Å²) in [6, 6.07) is 0.486. The average Bonchev–Trinajstić information content (AvgIpc) is 2.38. The van der Waals surface area contributed by atoms with Crippen LogP contribution in [0.2, 0.25) is 0 Å². The summed E-state index contributed by atoms with van der Waals surface area (Å²) in [6.07, 6.45) is 6.32. The first kappa shape index (κ1) is 16.5. The fourth-order valence-corrected chi connectivity index (χ4v) is 3.28. The summed E-state index contributed by atoms with van der Waals surface area (Å²) >= 11 is 0. The first-order chi connectivity index (χ1) is 8.99. The van der Waals surface area contributed by atoms with Gasteiger partial charge in [0, 0.05) is 25.6 Å². The van der Waals surface area contributed by atoms with E-state index >= 15 is 0 Å². The van der Waals surface area contributed by atoms with Crippen molar-refractivity contribution in [3.8, 4) is 11.8 Å². The fourth-order valence-electron chi connectivity index (χ4n) is 3.28. The summed E-state index contributed by atoms with van der Waals surface area (Å²) in [5.74, 6) is 7.69. The maximum atomic E-state index is 5.94. The van der Waals surface area contributed by atoms with Gasteiger partial charge in [-0.1, -0.05) is 20.8 Å². The Kier molecular flexibility index (Phi) is 6.89. The van der Waals surface area contributed by atoms with Gasteiger partial charge in [-0.15, -0.1) is 11.8 Å². The summed E-state index contributed by atoms with van der Waals surface area (Å²) in [5.41, 5.74) is 6.41. The molecule has 0 aromatic rings. The Hall–Kier alpha value is -0.520. The fraction of sp³-hybridized carbons (Fsp3) is 0.882. The molecule has 2 nitrogen and oxygen atoms in total. The van der Waals surface area contributed by atoms with Gasteiger partial charge in [-0.2, -0.15) is 0 Å². The van der Waals surface area contributed by atoms with Crippen LogP contribution < -0.4 is 11.1 Å². The molecule has 1 fully saturated rings. The first-order valence-electron chi connectivity index (χ1n) is 7.82. The SMILES string of the molecule is CC#CCCNC(CN)C1CCC(C(C)(C)C)CC1. The molecule has 0 aromatic carbocycles. The van der Waals surface area contributed by atoms with Gasteiger partial charge in [0.25, 0.3) is 0 Å². The second kappa shape index (κ2) is 7.92. The molecule has 19 heavy (non-hydrogen) atoms. The Balaban J connectivity index is 2.36. The molecule has 0 amide bonds. The second-order valence-corrected chi connectivity index (χ2v) is 6.95. The van der Waals surface area contributed by atoms with Crippen molar-refractivity contribution in [3.63, 3.8) is 0 Å². The van der Waals surface area contributed by atoms with Crippen molar-refractivity contribution in [2.45, 2.75) is 65.8 Å². The van der Waals surface area contributed by atoms with E-state index in [-0.39, 0.29) is 0 Å². The van der Waals surface area contributed by atoms with Gasteiger partial charge in [-0.3, -0.25) is 0 Å². The van der Waals surface area contributed by atoms with E-state index in [0.717, 1.165) is 31.3 Å². The molecule has 2 heteroatoms. The predicted molar refractivity (Wildman–Crippen MR) is 83.8 cm³/mol. The van der Waals surface area contributed by atoms with Crippen LogP contribution in [0.25, 0.3) is 0 Å². The zero-order valence-electron chi connectivity index (χ0n) is 13.3. The molecule has 1 aliphatic carbocycles. The van der Waals surface area contributed by atoms with Crippen molar-refractivity contribution in [1.82, 2.24) is 5.32 Å². The molecule has 1 saturated carbocycles. The van der Waals surface area contributed by atoms with Crippen LogP contribution in [0.4, 0.5) is 0 Å². The number of rotatable bonds is 5. The smallest absolute Gasteiger partial charge is 0.0218 e. The van der Waals surface area contributed by atoms with E-state index in [0.29, 0.717) is 11.5 Å². The zero-order valence-corrected chi connectivity index (χ0v) is 13.3. The summed E-state index contributed by atoms with van der Waals surface area (Å²) in [6.45, 7) is 10.8. The summed E-state index contributed by atoms with van der Waals surface area (Å²) < 4.78 is 0. The van der Waals surface area contributed by atoms with Gasteiger partial charge in [0.15, 0.2) is 0 Å². The molecule has 3 N–H and O–H groups in total. The largest absolute Gasteiger partial charge is 0.329 e. The third kappa shape index (κ3) is 5.55. The van der Waals surface area contributed by atoms with Gasteiger partial charge >= 0.3 is 0 Å². The molecule has 1 aliphatic rings. The van der Waals surface area contributed by atoms with E-state index in [9.17, 15) is 0 Å². The minimum absolute atomic E-state index is 0.466. The van der Waals surface area contributed by atoms with Crippen molar-refractivity contribution >= 4 is 0 Å². The predicted octanol–water partition coefficient (Wildman–Crippen LogP) is 3.17. The van der Waals surface area contributed by atoms with Crippen molar-refractivity contribution < 1.29 is 0 Å². The lowest BCUT2D eigenvalue weighted by Crippen LogP contribution is -2.44. The van der Waals surface area contributed by atoms with Gasteiger partial charge in [-0.25, -0.2) is 0 Å². The Morgan fingerprint density at radius 2 is 1.84 bits per heavy atom. The van der Waals surface area contributed by atoms with Crippen LogP contribution in [0.1, 0.15) is 59.8 Å². The molecule has 0 aliphatic heterocycles. The van der Waals surface area contributed by atoms with Crippen LogP contribution in [-0.2, 0) is 0 Å². The van der Waals surface area contributed by atoms with E-state index in [1.807, 2.05) is 6.92 Å². The monoisotopic (exact) mass is 264 g/mol. The molecule has 0 radical (unpaired) electrons. The van der Waals surface area contributed by atoms with E-state index < -0.39 is 0 Å². The Bertz CT molecular complexity index is 297. The number of nitrogens with one attached hydrogen (secondary N) is 1. The Labute approximate surface area is 119 Å². The molecule has 0 spiro atoms. The van der Waals surface area contributed by atoms with Gasteiger partial charge in [-0.05, 0) is 49.9 Å². The van der Waals surface area contributed by atoms with Crippen molar-refractivity contribution in [2.24, 2.45) is 23.0 Å². The number of nitrogens with two attached hydrogens (primary N) is 1. The van der Waals surface area contributed by atoms with Crippen LogP contribution in [0, 0.1) is 29.1 Å². The number of hydrogen-bond donors (Lipinski definition) is 2. The molecule has 0 saturated heterocycles. The highest BCUT2D eigenvalue weighted by Gasteiger charge is 2.32. The average molecular weight is 264 g/mol. The second-order valence-electron chi connectivity index (χ2n) is 6.95. The lowest BCUT2D eigenvalue weighted by atomic mass is 9.68. The quantitative estimate of drug-likeness (QED) is 0.591. The molecule has 0 bridgehead atoms.